The molecule has 0 heterocycles. The Labute approximate surface area is 115 Å². The molecule has 94 valence electrons. The number of hydrogen-bond donors (Lipinski definition) is 0. The van der Waals surface area contributed by atoms with Crippen LogP contribution >= 0.6 is 27.5 Å². The van der Waals surface area contributed by atoms with E-state index in [4.69, 9.17) is 16.3 Å². The van der Waals surface area contributed by atoms with Crippen LogP contribution in [0.25, 0.3) is 0 Å². The van der Waals surface area contributed by atoms with E-state index in [0.29, 0.717) is 10.8 Å². The smallest absolute Gasteiger partial charge is 0.218 e. The van der Waals surface area contributed by atoms with Crippen LogP contribution in [0.3, 0.4) is 0 Å². The fourth-order valence-electron chi connectivity index (χ4n) is 1.47. The van der Waals surface area contributed by atoms with Gasteiger partial charge in [0.25, 0.3) is 0 Å². The Morgan fingerprint density at radius 2 is 1.88 bits per heavy atom. The first kappa shape index (κ1) is 14.5. The van der Waals surface area contributed by atoms with Crippen LogP contribution in [0.4, 0.5) is 0 Å². The van der Waals surface area contributed by atoms with Gasteiger partial charge in [-0.2, -0.15) is 0 Å². The Hall–Kier alpha value is -0.540. The molecule has 0 spiro atoms. The first-order chi connectivity index (χ1) is 7.63. The van der Waals surface area contributed by atoms with E-state index in [1.165, 1.54) is 0 Å². The molecule has 1 atom stereocenters. The molecule has 0 radical (unpaired) electrons. The van der Waals surface area contributed by atoms with Gasteiger partial charge in [0.2, 0.25) is 4.51 Å². The van der Waals surface area contributed by atoms with Crippen molar-refractivity contribution >= 4 is 33.3 Å². The molecule has 0 aliphatic carbocycles. The highest BCUT2D eigenvalue weighted by Crippen LogP contribution is 2.32. The normalized spacial score (nSPS) is 15.2. The second-order valence-corrected chi connectivity index (χ2v) is 7.01. The quantitative estimate of drug-likeness (QED) is 0.770. The van der Waals surface area contributed by atoms with Gasteiger partial charge in [0, 0.05) is 10.4 Å². The zero-order valence-electron chi connectivity index (χ0n) is 10.4. The fourth-order valence-corrected chi connectivity index (χ4v) is 2.43. The van der Waals surface area contributed by atoms with E-state index in [2.05, 4.69) is 15.9 Å². The van der Waals surface area contributed by atoms with Crippen LogP contribution in [0.2, 0.25) is 5.02 Å². The predicted octanol–water partition coefficient (Wildman–Crippen LogP) is 4.45. The molecule has 0 N–H and O–H groups in total. The maximum absolute atomic E-state index is 12.2. The molecule has 1 unspecified atom stereocenters. The lowest BCUT2D eigenvalue weighted by molar-refractivity contribution is -0.134. The molecule has 0 saturated heterocycles. The minimum absolute atomic E-state index is 0.0232. The first-order valence-corrected chi connectivity index (χ1v) is 6.48. The van der Waals surface area contributed by atoms with Crippen molar-refractivity contribution in [2.45, 2.75) is 32.2 Å². The molecule has 0 aliphatic heterocycles. The van der Waals surface area contributed by atoms with Gasteiger partial charge in [0.15, 0.2) is 5.78 Å². The van der Waals surface area contributed by atoms with Crippen LogP contribution in [0.1, 0.15) is 27.7 Å². The number of halogens is 2. The standard InChI is InChI=1S/C13H16BrClO2/c1-12(2,3)11(16)13(4,14)17-10-7-5-6-9(15)8-10/h5-8H,1-4H3. The van der Waals surface area contributed by atoms with Gasteiger partial charge in [-0.1, -0.05) is 38.4 Å². The van der Waals surface area contributed by atoms with Crippen molar-refractivity contribution in [2.75, 3.05) is 0 Å². The predicted molar refractivity (Wildman–Crippen MR) is 73.9 cm³/mol. The minimum Gasteiger partial charge on any atom is -0.469 e. The fraction of sp³-hybridized carbons (Fsp3) is 0.462. The molecule has 1 rings (SSSR count). The Bertz CT molecular complexity index is 422. The van der Waals surface area contributed by atoms with Gasteiger partial charge in [0.1, 0.15) is 5.75 Å². The molecular weight excluding hydrogens is 303 g/mol. The second-order valence-electron chi connectivity index (χ2n) is 5.06. The third kappa shape index (κ3) is 4.00. The van der Waals surface area contributed by atoms with Crippen LogP contribution in [0.15, 0.2) is 24.3 Å². The van der Waals surface area contributed by atoms with E-state index in [9.17, 15) is 4.79 Å². The van der Waals surface area contributed by atoms with Crippen molar-refractivity contribution in [1.29, 1.82) is 0 Å². The largest absolute Gasteiger partial charge is 0.469 e. The third-order valence-electron chi connectivity index (χ3n) is 2.19. The highest BCUT2D eigenvalue weighted by atomic mass is 79.9. The molecule has 0 bridgehead atoms. The van der Waals surface area contributed by atoms with Crippen molar-refractivity contribution in [3.63, 3.8) is 0 Å². The second kappa shape index (κ2) is 4.99. The summed E-state index contributed by atoms with van der Waals surface area (Å²) in [6.45, 7) is 7.27. The number of ketones is 1. The van der Waals surface area contributed by atoms with Crippen LogP contribution in [-0.4, -0.2) is 10.3 Å². The van der Waals surface area contributed by atoms with Crippen molar-refractivity contribution in [3.05, 3.63) is 29.3 Å². The van der Waals surface area contributed by atoms with Gasteiger partial charge in [-0.25, -0.2) is 0 Å². The molecule has 0 aromatic heterocycles. The summed E-state index contributed by atoms with van der Waals surface area (Å²) < 4.78 is 4.61. The summed E-state index contributed by atoms with van der Waals surface area (Å²) in [4.78, 5) is 12.2. The molecular formula is C13H16BrClO2. The summed E-state index contributed by atoms with van der Waals surface area (Å²) >= 11 is 9.19. The molecule has 0 amide bonds. The molecule has 4 heteroatoms. The summed E-state index contributed by atoms with van der Waals surface area (Å²) in [5, 5.41) is 0.578. The number of carbonyl (C=O) groups excluding carboxylic acids is 1. The number of carbonyl (C=O) groups is 1. The lowest BCUT2D eigenvalue weighted by Crippen LogP contribution is -2.42. The van der Waals surface area contributed by atoms with E-state index in [-0.39, 0.29) is 5.78 Å². The minimum atomic E-state index is -1.05. The van der Waals surface area contributed by atoms with Gasteiger partial charge in [-0.3, -0.25) is 4.79 Å². The Morgan fingerprint density at radius 3 is 2.35 bits per heavy atom. The Balaban J connectivity index is 2.90. The molecule has 0 aliphatic rings. The summed E-state index contributed by atoms with van der Waals surface area (Å²) in [6, 6.07) is 6.98. The topological polar surface area (TPSA) is 26.3 Å². The first-order valence-electron chi connectivity index (χ1n) is 5.31. The zero-order valence-corrected chi connectivity index (χ0v) is 12.7. The van der Waals surface area contributed by atoms with Crippen molar-refractivity contribution < 1.29 is 9.53 Å². The average molecular weight is 320 g/mol. The summed E-state index contributed by atoms with van der Waals surface area (Å²) in [6.07, 6.45) is 0. The van der Waals surface area contributed by atoms with Gasteiger partial charge in [0.05, 0.1) is 0 Å². The Kier molecular flexibility index (Phi) is 4.26. The summed E-state index contributed by atoms with van der Waals surface area (Å²) in [5.41, 5.74) is -0.475. The number of rotatable bonds is 3. The monoisotopic (exact) mass is 318 g/mol. The maximum Gasteiger partial charge on any atom is 0.218 e. The van der Waals surface area contributed by atoms with E-state index in [0.717, 1.165) is 0 Å². The summed E-state index contributed by atoms with van der Waals surface area (Å²) in [7, 11) is 0. The van der Waals surface area contributed by atoms with E-state index >= 15 is 0 Å². The van der Waals surface area contributed by atoms with Crippen molar-refractivity contribution in [3.8, 4) is 5.75 Å². The third-order valence-corrected chi connectivity index (χ3v) is 2.95. The van der Waals surface area contributed by atoms with Crippen LogP contribution < -0.4 is 4.74 Å². The molecule has 1 aromatic rings. The van der Waals surface area contributed by atoms with E-state index < -0.39 is 9.93 Å². The van der Waals surface area contributed by atoms with Crippen LogP contribution in [0.5, 0.6) is 5.75 Å². The summed E-state index contributed by atoms with van der Waals surface area (Å²) in [5.74, 6) is 0.541. The molecule has 2 nitrogen and oxygen atoms in total. The maximum atomic E-state index is 12.2. The van der Waals surface area contributed by atoms with Gasteiger partial charge >= 0.3 is 0 Å². The van der Waals surface area contributed by atoms with Crippen LogP contribution in [-0.2, 0) is 4.79 Å². The highest BCUT2D eigenvalue weighted by molar-refractivity contribution is 9.10. The number of alkyl halides is 1. The van der Waals surface area contributed by atoms with Gasteiger partial charge in [-0.15, -0.1) is 0 Å². The van der Waals surface area contributed by atoms with E-state index in [1.54, 1.807) is 31.2 Å². The number of benzene rings is 1. The van der Waals surface area contributed by atoms with Crippen molar-refractivity contribution in [1.82, 2.24) is 0 Å². The molecule has 0 fully saturated rings. The van der Waals surface area contributed by atoms with Gasteiger partial charge < -0.3 is 4.74 Å². The van der Waals surface area contributed by atoms with Crippen LogP contribution in [0, 0.1) is 5.41 Å². The highest BCUT2D eigenvalue weighted by Gasteiger charge is 2.39. The SMILES string of the molecule is CC(C)(C)C(=O)C(C)(Br)Oc1cccc(Cl)c1. The number of Topliss-reactive ketones (excluding diaryl/α,β-unsaturated/α-hetero) is 1. The Morgan fingerprint density at radius 1 is 1.29 bits per heavy atom. The van der Waals surface area contributed by atoms with Crippen molar-refractivity contribution in [2.24, 2.45) is 5.41 Å². The van der Waals surface area contributed by atoms with Gasteiger partial charge in [-0.05, 0) is 41.1 Å². The lowest BCUT2D eigenvalue weighted by Gasteiger charge is -2.29. The molecule has 17 heavy (non-hydrogen) atoms. The molecule has 1 aromatic carbocycles. The number of ether oxygens (including phenoxy) is 1. The molecule has 0 saturated carbocycles. The van der Waals surface area contributed by atoms with E-state index in [1.807, 2.05) is 20.8 Å². The average Bonchev–Trinajstić information content (AvgIpc) is 2.14. The zero-order chi connectivity index (χ0) is 13.3. The lowest BCUT2D eigenvalue weighted by atomic mass is 9.88. The number of hydrogen-bond acceptors (Lipinski definition) is 2.